The minimum atomic E-state index is -0.430. The first-order chi connectivity index (χ1) is 7.19. The lowest BCUT2D eigenvalue weighted by Gasteiger charge is -2.38. The van der Waals surface area contributed by atoms with E-state index in [0.717, 1.165) is 0 Å². The van der Waals surface area contributed by atoms with E-state index in [0.29, 0.717) is 5.92 Å². The van der Waals surface area contributed by atoms with Crippen LogP contribution < -0.4 is 0 Å². The summed E-state index contributed by atoms with van der Waals surface area (Å²) in [5.74, 6) is 0.556. The van der Waals surface area contributed by atoms with Crippen LogP contribution in [0, 0.1) is 5.92 Å². The van der Waals surface area contributed by atoms with E-state index in [2.05, 4.69) is 4.90 Å². The van der Waals surface area contributed by atoms with Crippen molar-refractivity contribution in [2.75, 3.05) is 13.1 Å². The number of likely N-dealkylation sites (tertiary alicyclic amines) is 1. The monoisotopic (exact) mass is 247 g/mol. The molecule has 0 radical (unpaired) electrons. The fourth-order valence-electron chi connectivity index (χ4n) is 3.90. The van der Waals surface area contributed by atoms with Crippen molar-refractivity contribution in [3.63, 3.8) is 0 Å². The van der Waals surface area contributed by atoms with Crippen molar-refractivity contribution in [2.24, 2.45) is 5.92 Å². The molecular weight excluding hydrogens is 229 g/mol. The van der Waals surface area contributed by atoms with Crippen LogP contribution >= 0.6 is 23.2 Å². The highest BCUT2D eigenvalue weighted by molar-refractivity contribution is 6.52. The highest BCUT2D eigenvalue weighted by atomic mass is 35.5. The molecule has 3 heteroatoms. The quantitative estimate of drug-likeness (QED) is 0.641. The first-order valence-corrected chi connectivity index (χ1v) is 7.08. The average Bonchev–Trinajstić information content (AvgIpc) is 2.80. The zero-order valence-electron chi connectivity index (χ0n) is 9.14. The lowest BCUT2D eigenvalue weighted by molar-refractivity contribution is 0.109. The summed E-state index contributed by atoms with van der Waals surface area (Å²) in [6.07, 6.45) is 9.15. The molecular formula is C12H19Cl2N. The van der Waals surface area contributed by atoms with Gasteiger partial charge < -0.3 is 0 Å². The molecule has 0 aromatic heterocycles. The number of alkyl halides is 2. The maximum absolute atomic E-state index is 6.53. The van der Waals surface area contributed by atoms with Crippen LogP contribution in [0.2, 0.25) is 0 Å². The number of halogens is 2. The predicted molar refractivity (Wildman–Crippen MR) is 64.6 cm³/mol. The Kier molecular flexibility index (Phi) is 2.50. The Morgan fingerprint density at radius 3 is 2.33 bits per heavy atom. The summed E-state index contributed by atoms with van der Waals surface area (Å²) in [6, 6.07) is 0. The predicted octanol–water partition coefficient (Wildman–Crippen LogP) is 3.59. The topological polar surface area (TPSA) is 3.24 Å². The zero-order valence-corrected chi connectivity index (χ0v) is 10.7. The Balaban J connectivity index is 1.82. The molecule has 2 aliphatic carbocycles. The molecule has 1 aliphatic heterocycles. The zero-order chi connectivity index (χ0) is 10.5. The number of rotatable bonds is 1. The van der Waals surface area contributed by atoms with Gasteiger partial charge in [0.1, 0.15) is 4.33 Å². The van der Waals surface area contributed by atoms with Gasteiger partial charge in [0.2, 0.25) is 0 Å². The Bertz CT molecular complexity index is 260. The smallest absolute Gasteiger partial charge is 0.141 e. The summed E-state index contributed by atoms with van der Waals surface area (Å²) in [5, 5.41) is 0. The van der Waals surface area contributed by atoms with E-state index in [-0.39, 0.29) is 5.54 Å². The lowest BCUT2D eigenvalue weighted by atomic mass is 9.92. The Morgan fingerprint density at radius 1 is 0.933 bits per heavy atom. The summed E-state index contributed by atoms with van der Waals surface area (Å²) >= 11 is 13.1. The highest BCUT2D eigenvalue weighted by Crippen LogP contribution is 2.71. The molecule has 0 amide bonds. The number of fused-ring (bicyclic) bond motifs is 1. The van der Waals surface area contributed by atoms with Crippen molar-refractivity contribution in [1.29, 1.82) is 0 Å². The molecule has 1 heterocycles. The summed E-state index contributed by atoms with van der Waals surface area (Å²) < 4.78 is -0.430. The molecule has 2 saturated carbocycles. The number of hydrogen-bond acceptors (Lipinski definition) is 1. The first kappa shape index (κ1) is 10.7. The van der Waals surface area contributed by atoms with Crippen molar-refractivity contribution in [2.45, 2.75) is 54.8 Å². The van der Waals surface area contributed by atoms with Crippen LogP contribution in [0.4, 0.5) is 0 Å². The molecule has 15 heavy (non-hydrogen) atoms. The van der Waals surface area contributed by atoms with Gasteiger partial charge in [-0.2, -0.15) is 0 Å². The highest BCUT2D eigenvalue weighted by Gasteiger charge is 2.77. The van der Waals surface area contributed by atoms with Crippen LogP contribution in [-0.4, -0.2) is 27.9 Å². The molecule has 1 saturated heterocycles. The normalized spacial score (nSPS) is 44.8. The minimum Gasteiger partial charge on any atom is -0.294 e. The van der Waals surface area contributed by atoms with E-state index in [1.54, 1.807) is 0 Å². The largest absolute Gasteiger partial charge is 0.294 e. The summed E-state index contributed by atoms with van der Waals surface area (Å²) in [6.45, 7) is 2.44. The fourth-order valence-corrected chi connectivity index (χ4v) is 5.07. The van der Waals surface area contributed by atoms with E-state index in [9.17, 15) is 0 Å². The van der Waals surface area contributed by atoms with Gasteiger partial charge >= 0.3 is 0 Å². The first-order valence-electron chi connectivity index (χ1n) is 6.32. The Morgan fingerprint density at radius 2 is 1.67 bits per heavy atom. The fraction of sp³-hybridized carbons (Fsp3) is 1.00. The van der Waals surface area contributed by atoms with Gasteiger partial charge in [0.05, 0.1) is 5.54 Å². The van der Waals surface area contributed by atoms with E-state index in [4.69, 9.17) is 23.2 Å². The molecule has 1 nitrogen and oxygen atoms in total. The van der Waals surface area contributed by atoms with Crippen molar-refractivity contribution in [3.8, 4) is 0 Å². The third-order valence-electron chi connectivity index (χ3n) is 4.73. The summed E-state index contributed by atoms with van der Waals surface area (Å²) in [4.78, 5) is 2.61. The number of nitrogens with zero attached hydrogens (tertiary/aromatic N) is 1. The SMILES string of the molecule is ClC1(Cl)[C@H]2CCCC[C@]21N1CCCCC1. The molecule has 0 aromatic carbocycles. The molecule has 0 bridgehead atoms. The van der Waals surface area contributed by atoms with Crippen LogP contribution in [-0.2, 0) is 0 Å². The molecule has 0 N–H and O–H groups in total. The second-order valence-corrected chi connectivity index (χ2v) is 6.78. The van der Waals surface area contributed by atoms with E-state index in [1.807, 2.05) is 0 Å². The molecule has 3 fully saturated rings. The molecule has 0 aromatic rings. The lowest BCUT2D eigenvalue weighted by Crippen LogP contribution is -2.45. The maximum atomic E-state index is 6.53. The maximum Gasteiger partial charge on any atom is 0.141 e. The van der Waals surface area contributed by atoms with E-state index >= 15 is 0 Å². The van der Waals surface area contributed by atoms with E-state index < -0.39 is 4.33 Å². The van der Waals surface area contributed by atoms with Crippen LogP contribution in [0.3, 0.4) is 0 Å². The molecule has 86 valence electrons. The second kappa shape index (κ2) is 3.51. The third-order valence-corrected chi connectivity index (χ3v) is 5.91. The van der Waals surface area contributed by atoms with Gasteiger partial charge in [-0.1, -0.05) is 42.5 Å². The van der Waals surface area contributed by atoms with Gasteiger partial charge in [0.25, 0.3) is 0 Å². The van der Waals surface area contributed by atoms with Crippen LogP contribution in [0.25, 0.3) is 0 Å². The van der Waals surface area contributed by atoms with Crippen molar-refractivity contribution in [3.05, 3.63) is 0 Å². The molecule has 3 aliphatic rings. The molecule has 2 atom stereocenters. The van der Waals surface area contributed by atoms with Gasteiger partial charge in [-0.05, 0) is 38.8 Å². The number of hydrogen-bond donors (Lipinski definition) is 0. The van der Waals surface area contributed by atoms with Gasteiger partial charge in [0.15, 0.2) is 0 Å². The second-order valence-electron chi connectivity index (χ2n) is 5.39. The van der Waals surface area contributed by atoms with Gasteiger partial charge in [0, 0.05) is 5.92 Å². The molecule has 0 unspecified atom stereocenters. The average molecular weight is 248 g/mol. The standard InChI is InChI=1S/C12H19Cl2N/c13-12(14)10-6-2-3-7-11(10,12)15-8-4-1-5-9-15/h10H,1-9H2/t10-,11-/m0/s1. The van der Waals surface area contributed by atoms with E-state index in [1.165, 1.54) is 58.0 Å². The van der Waals surface area contributed by atoms with Crippen molar-refractivity contribution < 1.29 is 0 Å². The minimum absolute atomic E-state index is 0.175. The summed E-state index contributed by atoms with van der Waals surface area (Å²) in [5.41, 5.74) is 0.175. The van der Waals surface area contributed by atoms with Crippen LogP contribution in [0.5, 0.6) is 0 Å². The van der Waals surface area contributed by atoms with Crippen LogP contribution in [0.15, 0.2) is 0 Å². The van der Waals surface area contributed by atoms with Gasteiger partial charge in [-0.25, -0.2) is 0 Å². The van der Waals surface area contributed by atoms with Crippen molar-refractivity contribution in [1.82, 2.24) is 4.90 Å². The Hall–Kier alpha value is 0.540. The van der Waals surface area contributed by atoms with Gasteiger partial charge in [-0.15, -0.1) is 0 Å². The molecule has 3 rings (SSSR count). The molecule has 0 spiro atoms. The Labute approximate surface area is 102 Å². The third kappa shape index (κ3) is 1.33. The van der Waals surface area contributed by atoms with Gasteiger partial charge in [-0.3, -0.25) is 4.90 Å². The van der Waals surface area contributed by atoms with Crippen LogP contribution in [0.1, 0.15) is 44.9 Å². The van der Waals surface area contributed by atoms with Crippen molar-refractivity contribution >= 4 is 23.2 Å². The summed E-state index contributed by atoms with van der Waals surface area (Å²) in [7, 11) is 0. The number of piperidine rings is 1.